The Morgan fingerprint density at radius 3 is 1.43 bits per heavy atom. The van der Waals surface area contributed by atoms with E-state index >= 15 is 0 Å². The zero-order valence-electron chi connectivity index (χ0n) is 16.7. The molecule has 2 heterocycles. The minimum absolute atomic E-state index is 0.478. The number of para-hydroxylation sites is 2. The number of rotatable bonds is 11. The molecule has 0 N–H and O–H groups in total. The largest absolute Gasteiger partial charge is 0.490 e. The molecule has 154 valence electrons. The minimum atomic E-state index is 0.478. The second kappa shape index (κ2) is 10.5. The number of hydrogen-bond donors (Lipinski definition) is 0. The van der Waals surface area contributed by atoms with Crippen LogP contribution >= 0.6 is 0 Å². The van der Waals surface area contributed by atoms with Crippen molar-refractivity contribution in [2.24, 2.45) is 0 Å². The highest BCUT2D eigenvalue weighted by molar-refractivity contribution is 5.85. The summed E-state index contributed by atoms with van der Waals surface area (Å²) in [4.78, 5) is 8.66. The predicted molar refractivity (Wildman–Crippen MR) is 116 cm³/mol. The normalized spacial score (nSPS) is 11.1. The number of pyridine rings is 2. The molecule has 0 unspecified atom stereocenters. The van der Waals surface area contributed by atoms with Gasteiger partial charge < -0.3 is 18.9 Å². The molecule has 0 atom stereocenters. The zero-order chi connectivity index (χ0) is 20.4. The van der Waals surface area contributed by atoms with Gasteiger partial charge in [-0.15, -0.1) is 0 Å². The fraction of sp³-hybridized carbons (Fsp3) is 0.250. The number of nitrogens with zero attached hydrogens (tertiary/aromatic N) is 2. The molecule has 4 rings (SSSR count). The molecule has 2 aromatic heterocycles. The second-order valence-corrected chi connectivity index (χ2v) is 6.57. The Morgan fingerprint density at radius 1 is 0.500 bits per heavy atom. The Bertz CT molecular complexity index is 989. The summed E-state index contributed by atoms with van der Waals surface area (Å²) in [5.41, 5.74) is 1.85. The highest BCUT2D eigenvalue weighted by Gasteiger charge is 2.03. The van der Waals surface area contributed by atoms with Crippen LogP contribution in [0.25, 0.3) is 21.8 Å². The molecule has 4 aromatic rings. The van der Waals surface area contributed by atoms with Gasteiger partial charge in [0.05, 0.1) is 37.5 Å². The van der Waals surface area contributed by atoms with Crippen molar-refractivity contribution in [1.29, 1.82) is 0 Å². The summed E-state index contributed by atoms with van der Waals surface area (Å²) in [7, 11) is 0. The SMILES string of the molecule is c1ccc2c(OCCOCCOCCOc3ccnc4ccccc34)ccnc2c1. The van der Waals surface area contributed by atoms with Crippen LogP contribution in [-0.2, 0) is 9.47 Å². The lowest BCUT2D eigenvalue weighted by Crippen LogP contribution is -2.13. The van der Waals surface area contributed by atoms with E-state index in [2.05, 4.69) is 9.97 Å². The van der Waals surface area contributed by atoms with Crippen molar-refractivity contribution in [2.75, 3.05) is 39.6 Å². The summed E-state index contributed by atoms with van der Waals surface area (Å²) in [6.45, 7) is 2.98. The summed E-state index contributed by atoms with van der Waals surface area (Å²) in [6.07, 6.45) is 3.51. The molecule has 0 aliphatic heterocycles. The number of fused-ring (bicyclic) bond motifs is 2. The first-order valence-corrected chi connectivity index (χ1v) is 10.0. The molecule has 0 spiro atoms. The van der Waals surface area contributed by atoms with Gasteiger partial charge in [0, 0.05) is 23.2 Å². The van der Waals surface area contributed by atoms with E-state index < -0.39 is 0 Å². The van der Waals surface area contributed by atoms with Gasteiger partial charge in [-0.05, 0) is 36.4 Å². The number of hydrogen-bond acceptors (Lipinski definition) is 6. The van der Waals surface area contributed by atoms with Gasteiger partial charge in [0.2, 0.25) is 0 Å². The Hall–Kier alpha value is -3.22. The molecule has 0 aliphatic carbocycles. The molecule has 0 aliphatic rings. The number of benzene rings is 2. The first-order valence-electron chi connectivity index (χ1n) is 10.0. The summed E-state index contributed by atoms with van der Waals surface area (Å²) >= 11 is 0. The van der Waals surface area contributed by atoms with E-state index in [1.54, 1.807) is 12.4 Å². The van der Waals surface area contributed by atoms with Crippen LogP contribution in [0.5, 0.6) is 11.5 Å². The van der Waals surface area contributed by atoms with Crippen LogP contribution in [0, 0.1) is 0 Å². The van der Waals surface area contributed by atoms with Gasteiger partial charge in [0.25, 0.3) is 0 Å². The Balaban J connectivity index is 1.08. The lowest BCUT2D eigenvalue weighted by molar-refractivity contribution is 0.0276. The topological polar surface area (TPSA) is 62.7 Å². The van der Waals surface area contributed by atoms with Gasteiger partial charge >= 0.3 is 0 Å². The van der Waals surface area contributed by atoms with Crippen molar-refractivity contribution in [3.8, 4) is 11.5 Å². The molecule has 0 fully saturated rings. The van der Waals surface area contributed by atoms with Gasteiger partial charge in [0.1, 0.15) is 24.7 Å². The van der Waals surface area contributed by atoms with E-state index in [9.17, 15) is 0 Å². The second-order valence-electron chi connectivity index (χ2n) is 6.57. The van der Waals surface area contributed by atoms with Crippen LogP contribution in [0.1, 0.15) is 0 Å². The molecule has 0 radical (unpaired) electrons. The molecule has 30 heavy (non-hydrogen) atoms. The fourth-order valence-electron chi connectivity index (χ4n) is 3.13. The van der Waals surface area contributed by atoms with Crippen molar-refractivity contribution in [3.05, 3.63) is 73.1 Å². The van der Waals surface area contributed by atoms with Crippen molar-refractivity contribution >= 4 is 21.8 Å². The first-order chi connectivity index (χ1) is 14.9. The maximum Gasteiger partial charge on any atom is 0.130 e. The highest BCUT2D eigenvalue weighted by atomic mass is 16.6. The fourth-order valence-corrected chi connectivity index (χ4v) is 3.13. The van der Waals surface area contributed by atoms with Crippen molar-refractivity contribution < 1.29 is 18.9 Å². The first kappa shape index (κ1) is 20.1. The maximum atomic E-state index is 5.82. The number of ether oxygens (including phenoxy) is 4. The van der Waals surface area contributed by atoms with Gasteiger partial charge in [-0.25, -0.2) is 0 Å². The average Bonchev–Trinajstić information content (AvgIpc) is 2.80. The van der Waals surface area contributed by atoms with Crippen LogP contribution in [-0.4, -0.2) is 49.6 Å². The third kappa shape index (κ3) is 5.23. The van der Waals surface area contributed by atoms with Gasteiger partial charge in [0.15, 0.2) is 0 Å². The maximum absolute atomic E-state index is 5.82. The Kier molecular flexibility index (Phi) is 7.04. The van der Waals surface area contributed by atoms with E-state index in [-0.39, 0.29) is 0 Å². The van der Waals surface area contributed by atoms with Gasteiger partial charge in [-0.2, -0.15) is 0 Å². The number of aromatic nitrogens is 2. The van der Waals surface area contributed by atoms with Crippen molar-refractivity contribution in [1.82, 2.24) is 9.97 Å². The predicted octanol–water partition coefficient (Wildman–Crippen LogP) is 4.27. The van der Waals surface area contributed by atoms with Crippen LogP contribution in [0.15, 0.2) is 73.1 Å². The standard InChI is InChI=1S/C24H24N2O4/c1-3-7-21-19(5-1)23(9-11-25-21)29-17-15-27-13-14-28-16-18-30-24-10-12-26-22-8-4-2-6-20(22)24/h1-12H,13-18H2. The minimum Gasteiger partial charge on any atom is -0.490 e. The lowest BCUT2D eigenvalue weighted by atomic mass is 10.2. The van der Waals surface area contributed by atoms with Crippen LogP contribution in [0.2, 0.25) is 0 Å². The van der Waals surface area contributed by atoms with E-state index in [0.717, 1.165) is 33.3 Å². The summed E-state index contributed by atoms with van der Waals surface area (Å²) in [5.74, 6) is 1.64. The molecular formula is C24H24N2O4. The van der Waals surface area contributed by atoms with Crippen molar-refractivity contribution in [3.63, 3.8) is 0 Å². The summed E-state index contributed by atoms with van der Waals surface area (Å²) < 4.78 is 22.8. The molecular weight excluding hydrogens is 380 g/mol. The lowest BCUT2D eigenvalue weighted by Gasteiger charge is -2.10. The van der Waals surface area contributed by atoms with E-state index in [1.807, 2.05) is 60.7 Å². The van der Waals surface area contributed by atoms with E-state index in [4.69, 9.17) is 18.9 Å². The molecule has 0 saturated carbocycles. The summed E-state index contributed by atoms with van der Waals surface area (Å²) in [5, 5.41) is 2.01. The summed E-state index contributed by atoms with van der Waals surface area (Å²) in [6, 6.07) is 19.6. The Labute approximate surface area is 175 Å². The van der Waals surface area contributed by atoms with Crippen LogP contribution in [0.4, 0.5) is 0 Å². The zero-order valence-corrected chi connectivity index (χ0v) is 16.7. The molecule has 0 bridgehead atoms. The highest BCUT2D eigenvalue weighted by Crippen LogP contribution is 2.24. The van der Waals surface area contributed by atoms with Crippen molar-refractivity contribution in [2.45, 2.75) is 0 Å². The Morgan fingerprint density at radius 2 is 0.933 bits per heavy atom. The molecule has 6 nitrogen and oxygen atoms in total. The molecule has 0 amide bonds. The quantitative estimate of drug-likeness (QED) is 0.348. The molecule has 2 aromatic carbocycles. The average molecular weight is 404 g/mol. The monoisotopic (exact) mass is 404 g/mol. The van der Waals surface area contributed by atoms with E-state index in [0.29, 0.717) is 39.6 Å². The molecule has 6 heteroatoms. The third-order valence-electron chi connectivity index (χ3n) is 4.56. The van der Waals surface area contributed by atoms with Crippen LogP contribution in [0.3, 0.4) is 0 Å². The van der Waals surface area contributed by atoms with Gasteiger partial charge in [-0.3, -0.25) is 9.97 Å². The smallest absolute Gasteiger partial charge is 0.130 e. The third-order valence-corrected chi connectivity index (χ3v) is 4.56. The van der Waals surface area contributed by atoms with Gasteiger partial charge in [-0.1, -0.05) is 24.3 Å². The van der Waals surface area contributed by atoms with Crippen LogP contribution < -0.4 is 9.47 Å². The van der Waals surface area contributed by atoms with E-state index in [1.165, 1.54) is 0 Å². The molecule has 0 saturated heterocycles.